The average molecular weight is 506 g/mol. The van der Waals surface area contributed by atoms with Crippen molar-refractivity contribution in [1.29, 1.82) is 0 Å². The molecule has 1 fully saturated rings. The molecular formula is C20H35IN4O3. The second-order valence-electron chi connectivity index (χ2n) is 6.49. The van der Waals surface area contributed by atoms with Crippen molar-refractivity contribution < 1.29 is 14.2 Å². The maximum absolute atomic E-state index is 5.57. The van der Waals surface area contributed by atoms with Crippen molar-refractivity contribution in [2.45, 2.75) is 33.4 Å². The molecule has 7 nitrogen and oxygen atoms in total. The van der Waals surface area contributed by atoms with Crippen LogP contribution in [0, 0.1) is 0 Å². The highest BCUT2D eigenvalue weighted by Gasteiger charge is 2.17. The van der Waals surface area contributed by atoms with Gasteiger partial charge in [-0.15, -0.1) is 24.0 Å². The van der Waals surface area contributed by atoms with Crippen LogP contribution < -0.4 is 20.1 Å². The second kappa shape index (κ2) is 13.8. The van der Waals surface area contributed by atoms with Gasteiger partial charge in [-0.1, -0.05) is 6.07 Å². The summed E-state index contributed by atoms with van der Waals surface area (Å²) in [6.07, 6.45) is 0. The summed E-state index contributed by atoms with van der Waals surface area (Å²) in [6.45, 7) is 12.7. The Morgan fingerprint density at radius 2 is 1.96 bits per heavy atom. The van der Waals surface area contributed by atoms with E-state index < -0.39 is 0 Å². The molecule has 0 aromatic heterocycles. The molecule has 1 aliphatic heterocycles. The summed E-state index contributed by atoms with van der Waals surface area (Å²) in [5.74, 6) is 2.33. The summed E-state index contributed by atoms with van der Waals surface area (Å²) in [5, 5.41) is 6.76. The number of methoxy groups -OCH3 is 1. The third kappa shape index (κ3) is 8.00. The molecule has 1 heterocycles. The number of nitrogens with one attached hydrogen (secondary N) is 2. The largest absolute Gasteiger partial charge is 0.493 e. The fraction of sp³-hybridized carbons (Fsp3) is 0.650. The van der Waals surface area contributed by atoms with E-state index in [4.69, 9.17) is 19.2 Å². The molecule has 0 amide bonds. The zero-order chi connectivity index (χ0) is 19.5. The minimum absolute atomic E-state index is 0. The molecule has 0 radical (unpaired) electrons. The van der Waals surface area contributed by atoms with Crippen LogP contribution in [0.15, 0.2) is 23.2 Å². The molecule has 1 aromatic rings. The smallest absolute Gasteiger partial charge is 0.191 e. The first-order valence-electron chi connectivity index (χ1n) is 9.81. The maximum atomic E-state index is 5.57. The van der Waals surface area contributed by atoms with Crippen LogP contribution in [0.1, 0.15) is 26.3 Å². The molecule has 2 N–H and O–H groups in total. The van der Waals surface area contributed by atoms with Gasteiger partial charge in [0.15, 0.2) is 17.5 Å². The van der Waals surface area contributed by atoms with Crippen LogP contribution in [0.5, 0.6) is 11.5 Å². The van der Waals surface area contributed by atoms with Crippen LogP contribution >= 0.6 is 24.0 Å². The van der Waals surface area contributed by atoms with Crippen LogP contribution in [0.25, 0.3) is 0 Å². The van der Waals surface area contributed by atoms with E-state index in [1.807, 2.05) is 25.1 Å². The monoisotopic (exact) mass is 506 g/mol. The fourth-order valence-corrected chi connectivity index (χ4v) is 2.99. The van der Waals surface area contributed by atoms with Crippen LogP contribution in [0.3, 0.4) is 0 Å². The number of hydrogen-bond acceptors (Lipinski definition) is 5. The van der Waals surface area contributed by atoms with E-state index in [1.165, 1.54) is 0 Å². The molecule has 1 aliphatic rings. The molecule has 1 saturated heterocycles. The molecule has 0 aliphatic carbocycles. The fourth-order valence-electron chi connectivity index (χ4n) is 2.99. The zero-order valence-electron chi connectivity index (χ0n) is 17.5. The Morgan fingerprint density at radius 1 is 1.21 bits per heavy atom. The SMILES string of the molecule is CCNC(=NCc1ccc(OCC)c(OC)c1)NCC(C)N1CCOCC1.I. The van der Waals surface area contributed by atoms with E-state index in [-0.39, 0.29) is 24.0 Å². The van der Waals surface area contributed by atoms with Crippen molar-refractivity contribution in [3.05, 3.63) is 23.8 Å². The van der Waals surface area contributed by atoms with Crippen LogP contribution in [-0.2, 0) is 11.3 Å². The van der Waals surface area contributed by atoms with Gasteiger partial charge in [0, 0.05) is 32.2 Å². The molecule has 2 rings (SSSR count). The van der Waals surface area contributed by atoms with E-state index in [9.17, 15) is 0 Å². The van der Waals surface area contributed by atoms with Gasteiger partial charge in [0.2, 0.25) is 0 Å². The first kappa shape index (κ1) is 24.8. The molecule has 1 aromatic carbocycles. The molecule has 1 unspecified atom stereocenters. The van der Waals surface area contributed by atoms with E-state index in [0.29, 0.717) is 19.2 Å². The standard InChI is InChI=1S/C20H34N4O3.HI/c1-5-21-20(22-14-16(3)24-9-11-26-12-10-24)23-15-17-7-8-18(27-6-2)19(13-17)25-4;/h7-8,13,16H,5-6,9-12,14-15H2,1-4H3,(H2,21,22,23);1H. The minimum Gasteiger partial charge on any atom is -0.493 e. The van der Waals surface area contributed by atoms with Crippen molar-refractivity contribution in [3.63, 3.8) is 0 Å². The highest BCUT2D eigenvalue weighted by molar-refractivity contribution is 14.0. The highest BCUT2D eigenvalue weighted by Crippen LogP contribution is 2.28. The lowest BCUT2D eigenvalue weighted by molar-refractivity contribution is 0.0211. The number of guanidine groups is 1. The number of hydrogen-bond donors (Lipinski definition) is 2. The number of benzene rings is 1. The summed E-state index contributed by atoms with van der Waals surface area (Å²) in [4.78, 5) is 7.15. The van der Waals surface area contributed by atoms with E-state index >= 15 is 0 Å². The Hall–Kier alpha value is -1.26. The number of ether oxygens (including phenoxy) is 3. The molecule has 1 atom stereocenters. The highest BCUT2D eigenvalue weighted by atomic mass is 127. The topological polar surface area (TPSA) is 67.4 Å². The van der Waals surface area contributed by atoms with Crippen molar-refractivity contribution in [1.82, 2.24) is 15.5 Å². The quantitative estimate of drug-likeness (QED) is 0.305. The van der Waals surface area contributed by atoms with Gasteiger partial charge >= 0.3 is 0 Å². The first-order chi connectivity index (χ1) is 13.2. The third-order valence-corrected chi connectivity index (χ3v) is 4.53. The van der Waals surface area contributed by atoms with Gasteiger partial charge < -0.3 is 24.8 Å². The molecule has 8 heteroatoms. The minimum atomic E-state index is 0. The Balaban J connectivity index is 0.00000392. The van der Waals surface area contributed by atoms with Gasteiger partial charge in [-0.05, 0) is 38.5 Å². The number of morpholine rings is 1. The predicted molar refractivity (Wildman–Crippen MR) is 124 cm³/mol. The van der Waals surface area contributed by atoms with Crippen molar-refractivity contribution in [3.8, 4) is 11.5 Å². The zero-order valence-corrected chi connectivity index (χ0v) is 19.8. The Kier molecular flexibility index (Phi) is 12.2. The number of nitrogens with zero attached hydrogens (tertiary/aromatic N) is 2. The number of rotatable bonds is 9. The van der Waals surface area contributed by atoms with Crippen molar-refractivity contribution >= 4 is 29.9 Å². The molecule has 28 heavy (non-hydrogen) atoms. The maximum Gasteiger partial charge on any atom is 0.191 e. The molecule has 160 valence electrons. The molecule has 0 spiro atoms. The van der Waals surface area contributed by atoms with Gasteiger partial charge in [0.1, 0.15) is 0 Å². The number of aliphatic imine (C=N–C) groups is 1. The summed E-state index contributed by atoms with van der Waals surface area (Å²) in [7, 11) is 1.66. The molecule has 0 saturated carbocycles. The molecule has 0 bridgehead atoms. The summed E-state index contributed by atoms with van der Waals surface area (Å²) < 4.78 is 16.4. The second-order valence-corrected chi connectivity index (χ2v) is 6.49. The summed E-state index contributed by atoms with van der Waals surface area (Å²) >= 11 is 0. The van der Waals surface area contributed by atoms with Crippen LogP contribution in [0.4, 0.5) is 0 Å². The lowest BCUT2D eigenvalue weighted by Crippen LogP contribution is -2.49. The normalized spacial score (nSPS) is 16.1. The lowest BCUT2D eigenvalue weighted by atomic mass is 10.2. The van der Waals surface area contributed by atoms with E-state index in [2.05, 4.69) is 29.4 Å². The van der Waals surface area contributed by atoms with Crippen molar-refractivity contribution in [2.75, 3.05) is 53.1 Å². The predicted octanol–water partition coefficient (Wildman–Crippen LogP) is 2.49. The molecular weight excluding hydrogens is 471 g/mol. The Bertz CT molecular complexity index is 595. The van der Waals surface area contributed by atoms with Crippen LogP contribution in [0.2, 0.25) is 0 Å². The van der Waals surface area contributed by atoms with Gasteiger partial charge in [0.05, 0.1) is 33.5 Å². The van der Waals surface area contributed by atoms with Gasteiger partial charge in [-0.25, -0.2) is 4.99 Å². The first-order valence-corrected chi connectivity index (χ1v) is 9.81. The van der Waals surface area contributed by atoms with Crippen molar-refractivity contribution in [2.24, 2.45) is 4.99 Å². The summed E-state index contributed by atoms with van der Waals surface area (Å²) in [6, 6.07) is 6.38. The lowest BCUT2D eigenvalue weighted by Gasteiger charge is -2.32. The Morgan fingerprint density at radius 3 is 2.61 bits per heavy atom. The van der Waals surface area contributed by atoms with E-state index in [1.54, 1.807) is 7.11 Å². The third-order valence-electron chi connectivity index (χ3n) is 4.53. The average Bonchev–Trinajstić information content (AvgIpc) is 2.71. The summed E-state index contributed by atoms with van der Waals surface area (Å²) in [5.41, 5.74) is 1.08. The van der Waals surface area contributed by atoms with Gasteiger partial charge in [-0.2, -0.15) is 0 Å². The number of halogens is 1. The van der Waals surface area contributed by atoms with Gasteiger partial charge in [0.25, 0.3) is 0 Å². The van der Waals surface area contributed by atoms with Crippen LogP contribution in [-0.4, -0.2) is 70.0 Å². The van der Waals surface area contributed by atoms with E-state index in [0.717, 1.165) is 62.4 Å². The van der Waals surface area contributed by atoms with Gasteiger partial charge in [-0.3, -0.25) is 4.90 Å². The Labute approximate surface area is 186 Å².